The van der Waals surface area contributed by atoms with Crippen LogP contribution < -0.4 is 15.5 Å². The average Bonchev–Trinajstić information content (AvgIpc) is 3.30. The molecule has 2 aromatic heterocycles. The topological polar surface area (TPSA) is 91.7 Å². The van der Waals surface area contributed by atoms with Crippen LogP contribution >= 0.6 is 0 Å². The van der Waals surface area contributed by atoms with Gasteiger partial charge in [-0.15, -0.1) is 5.43 Å². The predicted octanol–water partition coefficient (Wildman–Crippen LogP) is 3.93. The van der Waals surface area contributed by atoms with Crippen LogP contribution in [0, 0.1) is 12.3 Å². The molecule has 7 heteroatoms. The number of hydrazine groups is 1. The number of benzene rings is 2. The van der Waals surface area contributed by atoms with Gasteiger partial charge in [-0.05, 0) is 36.8 Å². The minimum Gasteiger partial charge on any atom is -0.497 e. The quantitative estimate of drug-likeness (QED) is 0.155. The molecule has 0 radical (unpaired) electrons. The van der Waals surface area contributed by atoms with E-state index in [0.29, 0.717) is 6.54 Å². The van der Waals surface area contributed by atoms with Gasteiger partial charge < -0.3 is 20.0 Å². The Balaban J connectivity index is 1.53. The molecule has 2 heterocycles. The molecule has 0 aliphatic carbocycles. The number of nitrogens with one attached hydrogen (secondary N) is 5. The van der Waals surface area contributed by atoms with Gasteiger partial charge in [-0.1, -0.05) is 22.9 Å². The lowest BCUT2D eigenvalue weighted by Crippen LogP contribution is -2.41. The number of rotatable bonds is 5. The fourth-order valence-corrected chi connectivity index (χ4v) is 3.60. The van der Waals surface area contributed by atoms with Gasteiger partial charge in [0.2, 0.25) is 5.96 Å². The molecule has 5 N–H and O–H groups in total. The van der Waals surface area contributed by atoms with Crippen LogP contribution in [0.15, 0.2) is 48.7 Å². The number of methoxy groups -OCH3 is 1. The summed E-state index contributed by atoms with van der Waals surface area (Å²) < 4.78 is 7.22. The van der Waals surface area contributed by atoms with Crippen LogP contribution in [-0.4, -0.2) is 33.9 Å². The Kier molecular flexibility index (Phi) is 4.95. The molecule has 29 heavy (non-hydrogen) atoms. The van der Waals surface area contributed by atoms with E-state index in [2.05, 4.69) is 26.8 Å². The molecule has 0 atom stereocenters. The highest BCUT2D eigenvalue weighted by atomic mass is 16.5. The van der Waals surface area contributed by atoms with Gasteiger partial charge in [0.05, 0.1) is 23.7 Å². The van der Waals surface area contributed by atoms with Crippen LogP contribution in [0.2, 0.25) is 0 Å². The molecule has 148 valence electrons. The third kappa shape index (κ3) is 3.54. The van der Waals surface area contributed by atoms with Crippen molar-refractivity contribution in [2.45, 2.75) is 20.4 Å². The maximum Gasteiger partial charge on any atom is 0.263 e. The highest BCUT2D eigenvalue weighted by Crippen LogP contribution is 2.31. The molecule has 0 spiro atoms. The fourth-order valence-electron chi connectivity index (χ4n) is 3.60. The zero-order valence-corrected chi connectivity index (χ0v) is 16.8. The molecule has 0 bridgehead atoms. The standard InChI is InChI=1S/C22H25N6O/c1-4-28(21-14(2)26-20-10-9-16(29-3)11-18(20)21)27-22(23)25-13-15-12-24-19-8-6-5-7-17(15)19/h4-12,24,26H,13H2,1-3H3,(H3,23,25,27)/q+1. The van der Waals surface area contributed by atoms with Crippen LogP contribution in [-0.2, 0) is 6.54 Å². The van der Waals surface area contributed by atoms with E-state index < -0.39 is 0 Å². The van der Waals surface area contributed by atoms with Crippen molar-refractivity contribution in [3.63, 3.8) is 0 Å². The first kappa shape index (κ1) is 18.6. The average molecular weight is 389 g/mol. The summed E-state index contributed by atoms with van der Waals surface area (Å²) in [6.45, 7) is 4.50. The molecule has 0 aliphatic rings. The summed E-state index contributed by atoms with van der Waals surface area (Å²) in [7, 11) is 1.66. The van der Waals surface area contributed by atoms with Gasteiger partial charge in [0.25, 0.3) is 5.69 Å². The van der Waals surface area contributed by atoms with Gasteiger partial charge in [-0.2, -0.15) is 0 Å². The van der Waals surface area contributed by atoms with Crippen LogP contribution in [0.5, 0.6) is 5.75 Å². The normalized spacial score (nSPS) is 11.8. The van der Waals surface area contributed by atoms with Crippen molar-refractivity contribution in [2.75, 3.05) is 7.11 Å². The Hall–Kier alpha value is -3.74. The number of fused-ring (bicyclic) bond motifs is 2. The molecule has 4 aromatic rings. The van der Waals surface area contributed by atoms with Crippen molar-refractivity contribution >= 4 is 39.7 Å². The summed E-state index contributed by atoms with van der Waals surface area (Å²) in [5.74, 6) is 1.01. The molecule has 0 amide bonds. The highest BCUT2D eigenvalue weighted by molar-refractivity contribution is 5.92. The molecular weight excluding hydrogens is 364 g/mol. The van der Waals surface area contributed by atoms with Crippen LogP contribution in [0.4, 0.5) is 5.69 Å². The number of nitrogens with zero attached hydrogens (tertiary/aromatic N) is 1. The first-order valence-electron chi connectivity index (χ1n) is 9.49. The summed E-state index contributed by atoms with van der Waals surface area (Å²) in [5.41, 5.74) is 8.32. The Morgan fingerprint density at radius 1 is 1.17 bits per heavy atom. The number of hydrogen-bond donors (Lipinski definition) is 5. The zero-order valence-electron chi connectivity index (χ0n) is 16.8. The highest BCUT2D eigenvalue weighted by Gasteiger charge is 2.21. The third-order valence-corrected chi connectivity index (χ3v) is 5.02. The molecule has 7 nitrogen and oxygen atoms in total. The maximum atomic E-state index is 8.36. The second-order valence-electron chi connectivity index (χ2n) is 6.84. The van der Waals surface area contributed by atoms with Crippen molar-refractivity contribution in [1.29, 1.82) is 5.41 Å². The summed E-state index contributed by atoms with van der Waals surface area (Å²) >= 11 is 0. The molecule has 2 aromatic carbocycles. The van der Waals surface area contributed by atoms with Gasteiger partial charge in [0, 0.05) is 30.6 Å². The van der Waals surface area contributed by atoms with Gasteiger partial charge in [-0.3, -0.25) is 5.41 Å². The van der Waals surface area contributed by atoms with Crippen LogP contribution in [0.25, 0.3) is 21.8 Å². The third-order valence-electron chi connectivity index (χ3n) is 5.02. The van der Waals surface area contributed by atoms with Crippen LogP contribution in [0.1, 0.15) is 18.2 Å². The summed E-state index contributed by atoms with van der Waals surface area (Å²) in [6, 6.07) is 14.1. The number of hydrogen-bond acceptors (Lipinski definition) is 2. The first-order chi connectivity index (χ1) is 14.1. The predicted molar refractivity (Wildman–Crippen MR) is 117 cm³/mol. The lowest BCUT2D eigenvalue weighted by Gasteiger charge is -2.08. The molecule has 0 saturated carbocycles. The van der Waals surface area contributed by atoms with E-state index in [1.807, 2.05) is 67.3 Å². The molecule has 0 fully saturated rings. The maximum absolute atomic E-state index is 8.36. The number of aryl methyl sites for hydroxylation is 1. The monoisotopic (exact) mass is 389 g/mol. The van der Waals surface area contributed by atoms with E-state index in [-0.39, 0.29) is 5.96 Å². The number of H-pyrrole nitrogens is 2. The first-order valence-corrected chi connectivity index (χ1v) is 9.49. The Labute approximate surface area is 168 Å². The lowest BCUT2D eigenvalue weighted by atomic mass is 10.2. The van der Waals surface area contributed by atoms with E-state index in [1.54, 1.807) is 7.11 Å². The van der Waals surface area contributed by atoms with Gasteiger partial charge in [0.1, 0.15) is 5.75 Å². The van der Waals surface area contributed by atoms with Crippen molar-refractivity contribution in [2.24, 2.45) is 0 Å². The smallest absolute Gasteiger partial charge is 0.263 e. The minimum absolute atomic E-state index is 0.213. The number of para-hydroxylation sites is 1. The molecule has 4 rings (SSSR count). The van der Waals surface area contributed by atoms with Crippen molar-refractivity contribution < 1.29 is 9.42 Å². The molecule has 0 unspecified atom stereocenters. The van der Waals surface area contributed by atoms with Crippen molar-refractivity contribution in [1.82, 2.24) is 20.7 Å². The van der Waals surface area contributed by atoms with Crippen molar-refractivity contribution in [3.8, 4) is 5.75 Å². The summed E-state index contributed by atoms with van der Waals surface area (Å²) in [6.07, 6.45) is 3.88. The van der Waals surface area contributed by atoms with E-state index in [4.69, 9.17) is 10.1 Å². The Bertz CT molecular complexity index is 1220. The Morgan fingerprint density at radius 2 is 2.00 bits per heavy atom. The second kappa shape index (κ2) is 7.71. The second-order valence-corrected chi connectivity index (χ2v) is 6.84. The van der Waals surface area contributed by atoms with E-state index >= 15 is 0 Å². The number of ether oxygens (including phenoxy) is 1. The Morgan fingerprint density at radius 3 is 2.79 bits per heavy atom. The minimum atomic E-state index is 0.213. The van der Waals surface area contributed by atoms with Gasteiger partial charge in [0.15, 0.2) is 6.21 Å². The van der Waals surface area contributed by atoms with Gasteiger partial charge in [-0.25, -0.2) is 0 Å². The lowest BCUT2D eigenvalue weighted by molar-refractivity contribution is -0.482. The largest absolute Gasteiger partial charge is 0.497 e. The zero-order chi connectivity index (χ0) is 20.4. The van der Waals surface area contributed by atoms with Crippen molar-refractivity contribution in [3.05, 3.63) is 59.9 Å². The number of aromatic amines is 2. The fraction of sp³-hybridized carbons (Fsp3) is 0.182. The summed E-state index contributed by atoms with van der Waals surface area (Å²) in [5, 5.41) is 13.7. The molecule has 0 saturated heterocycles. The SMILES string of the molecule is CC=[N+](NC(=N)NCc1c[nH]c2ccccc12)c1c(C)[nH]c2ccc(OC)cc12. The van der Waals surface area contributed by atoms with E-state index in [9.17, 15) is 0 Å². The number of guanidine groups is 1. The van der Waals surface area contributed by atoms with Gasteiger partial charge >= 0.3 is 0 Å². The molecule has 0 aliphatic heterocycles. The summed E-state index contributed by atoms with van der Waals surface area (Å²) in [4.78, 5) is 6.65. The van der Waals surface area contributed by atoms with Crippen LogP contribution in [0.3, 0.4) is 0 Å². The molecular formula is C22H25N6O+. The van der Waals surface area contributed by atoms with E-state index in [1.165, 1.54) is 0 Å². The van der Waals surface area contributed by atoms with E-state index in [0.717, 1.165) is 44.5 Å². The number of hydrazone groups is 1. The number of aromatic nitrogens is 2.